The maximum Gasteiger partial charge on any atom is 0.270 e. The van der Waals surface area contributed by atoms with Gasteiger partial charge in [0.25, 0.3) is 17.5 Å². The zero-order valence-corrected chi connectivity index (χ0v) is 21.3. The molecule has 0 radical (unpaired) electrons. The van der Waals surface area contributed by atoms with Crippen molar-refractivity contribution in [2.45, 2.75) is 13.8 Å². The number of rotatable bonds is 5. The Hall–Kier alpha value is -4.89. The Bertz CT molecular complexity index is 1640. The number of hydrogen-bond donors (Lipinski definition) is 0. The fourth-order valence-electron chi connectivity index (χ4n) is 4.13. The van der Waals surface area contributed by atoms with E-state index in [1.165, 1.54) is 28.0 Å². The molecule has 1 aliphatic rings. The van der Waals surface area contributed by atoms with Crippen LogP contribution in [0.4, 0.5) is 17.1 Å². The highest BCUT2D eigenvalue weighted by Gasteiger charge is 2.41. The molecule has 0 N–H and O–H groups in total. The number of nitrogens with zero attached hydrogens (tertiary/aromatic N) is 3. The summed E-state index contributed by atoms with van der Waals surface area (Å²) in [5, 5.41) is 11.2. The molecule has 1 fully saturated rings. The second-order valence-corrected chi connectivity index (χ2v) is 9.10. The van der Waals surface area contributed by atoms with Crippen molar-refractivity contribution >= 4 is 52.3 Å². The minimum absolute atomic E-state index is 0.0448. The monoisotopic (exact) mass is 523 g/mol. The number of aryl methyl sites for hydroxylation is 2. The van der Waals surface area contributed by atoms with Crippen molar-refractivity contribution < 1.29 is 18.9 Å². The molecule has 3 aromatic carbocycles. The van der Waals surface area contributed by atoms with E-state index in [-0.39, 0.29) is 22.1 Å². The lowest BCUT2D eigenvalue weighted by atomic mass is 10.1. The minimum Gasteiger partial charge on any atom is -0.457 e. The van der Waals surface area contributed by atoms with Crippen LogP contribution in [-0.4, -0.2) is 21.9 Å². The molecule has 38 heavy (non-hydrogen) atoms. The fourth-order valence-corrected chi connectivity index (χ4v) is 4.50. The summed E-state index contributed by atoms with van der Waals surface area (Å²) in [5.74, 6) is -0.565. The number of para-hydroxylation sites is 1. The highest BCUT2D eigenvalue weighted by Crippen LogP contribution is 2.32. The van der Waals surface area contributed by atoms with Crippen LogP contribution in [0.1, 0.15) is 16.9 Å². The Morgan fingerprint density at radius 3 is 2.21 bits per heavy atom. The summed E-state index contributed by atoms with van der Waals surface area (Å²) >= 11 is 5.67. The lowest BCUT2D eigenvalue weighted by molar-refractivity contribution is -0.384. The van der Waals surface area contributed by atoms with Gasteiger partial charge in [-0.15, -0.1) is 0 Å². The van der Waals surface area contributed by atoms with E-state index in [2.05, 4.69) is 0 Å². The molecular formula is C29H21N3O5S. The molecule has 1 aromatic heterocycles. The molecule has 5 rings (SSSR count). The molecule has 8 nitrogen and oxygen atoms in total. The van der Waals surface area contributed by atoms with Crippen molar-refractivity contribution in [1.82, 2.24) is 0 Å². The first-order chi connectivity index (χ1) is 18.2. The zero-order valence-electron chi connectivity index (χ0n) is 20.5. The average Bonchev–Trinajstić information content (AvgIpc) is 3.38. The van der Waals surface area contributed by atoms with Crippen molar-refractivity contribution in [3.63, 3.8) is 0 Å². The predicted octanol–water partition coefficient (Wildman–Crippen LogP) is 6.22. The molecule has 1 saturated heterocycles. The SMILES string of the molecule is Cc1ccc(N2C(=O)C(=Cc3ccc(-c4cccc([N+](=O)[O-])c4)o3)C(=O)N(c3ccccc3)C2=S)cc1C. The summed E-state index contributed by atoms with van der Waals surface area (Å²) in [6, 6.07) is 23.6. The second kappa shape index (κ2) is 9.87. The van der Waals surface area contributed by atoms with Gasteiger partial charge in [-0.2, -0.15) is 0 Å². The van der Waals surface area contributed by atoms with Crippen LogP contribution in [0.5, 0.6) is 0 Å². The standard InChI is InChI=1S/C29H21N3O5S/c1-18-11-12-22(15-19(18)2)31-28(34)25(27(33)30(29(31)38)21-8-4-3-5-9-21)17-24-13-14-26(37-24)20-7-6-10-23(16-20)32(35)36/h3-17H,1-2H3. The molecule has 0 spiro atoms. The number of hydrogen-bond acceptors (Lipinski definition) is 6. The van der Waals surface area contributed by atoms with E-state index < -0.39 is 16.7 Å². The van der Waals surface area contributed by atoms with E-state index in [0.29, 0.717) is 22.7 Å². The molecule has 1 aliphatic heterocycles. The van der Waals surface area contributed by atoms with Crippen LogP contribution >= 0.6 is 12.2 Å². The topological polar surface area (TPSA) is 96.9 Å². The van der Waals surface area contributed by atoms with Crippen molar-refractivity contribution in [3.8, 4) is 11.3 Å². The fraction of sp³-hybridized carbons (Fsp3) is 0.0690. The number of benzene rings is 3. The maximum atomic E-state index is 13.7. The van der Waals surface area contributed by atoms with Crippen LogP contribution in [0.15, 0.2) is 94.9 Å². The van der Waals surface area contributed by atoms with E-state index in [0.717, 1.165) is 11.1 Å². The molecule has 4 aromatic rings. The summed E-state index contributed by atoms with van der Waals surface area (Å²) in [7, 11) is 0. The Balaban J connectivity index is 1.59. The van der Waals surface area contributed by atoms with Crippen LogP contribution in [0, 0.1) is 24.0 Å². The highest BCUT2D eigenvalue weighted by molar-refractivity contribution is 7.81. The number of furan rings is 1. The number of carbonyl (C=O) groups is 2. The molecule has 0 bridgehead atoms. The summed E-state index contributed by atoms with van der Waals surface area (Å²) < 4.78 is 5.87. The first-order valence-electron chi connectivity index (χ1n) is 11.7. The van der Waals surface area contributed by atoms with Crippen molar-refractivity contribution in [2.24, 2.45) is 0 Å². The van der Waals surface area contributed by atoms with Gasteiger partial charge in [0.05, 0.1) is 16.3 Å². The minimum atomic E-state index is -0.584. The first-order valence-corrected chi connectivity index (χ1v) is 12.1. The van der Waals surface area contributed by atoms with Crippen LogP contribution in [-0.2, 0) is 9.59 Å². The number of non-ortho nitro benzene ring substituents is 1. The van der Waals surface area contributed by atoms with Crippen LogP contribution < -0.4 is 9.80 Å². The highest BCUT2D eigenvalue weighted by atomic mass is 32.1. The van der Waals surface area contributed by atoms with Crippen LogP contribution in [0.3, 0.4) is 0 Å². The second-order valence-electron chi connectivity index (χ2n) is 8.74. The number of nitro benzene ring substituents is 1. The number of amides is 2. The van der Waals surface area contributed by atoms with Crippen LogP contribution in [0.2, 0.25) is 0 Å². The molecule has 0 saturated carbocycles. The van der Waals surface area contributed by atoms with E-state index >= 15 is 0 Å². The number of anilines is 2. The lowest BCUT2D eigenvalue weighted by Crippen LogP contribution is -2.57. The molecule has 0 atom stereocenters. The quantitative estimate of drug-likeness (QED) is 0.101. The largest absolute Gasteiger partial charge is 0.457 e. The van der Waals surface area contributed by atoms with Crippen LogP contribution in [0.25, 0.3) is 17.4 Å². The lowest BCUT2D eigenvalue weighted by Gasteiger charge is -2.36. The Kier molecular flexibility index (Phi) is 6.44. The van der Waals surface area contributed by atoms with Crippen molar-refractivity contribution in [1.29, 1.82) is 0 Å². The number of carbonyl (C=O) groups excluding carboxylic acids is 2. The van der Waals surface area contributed by atoms with Gasteiger partial charge in [-0.3, -0.25) is 29.5 Å². The molecule has 2 amide bonds. The van der Waals surface area contributed by atoms with Gasteiger partial charge in [0, 0.05) is 17.7 Å². The van der Waals surface area contributed by atoms with Crippen molar-refractivity contribution in [2.75, 3.05) is 9.80 Å². The molecule has 9 heteroatoms. The third-order valence-corrected chi connectivity index (χ3v) is 6.63. The van der Waals surface area contributed by atoms with E-state index in [1.807, 2.05) is 32.0 Å². The number of nitro groups is 1. The average molecular weight is 524 g/mol. The molecule has 0 unspecified atom stereocenters. The summed E-state index contributed by atoms with van der Waals surface area (Å²) in [6.45, 7) is 3.90. The normalized spacial score (nSPS) is 14.9. The van der Waals surface area contributed by atoms with Gasteiger partial charge in [-0.05, 0) is 79.7 Å². The van der Waals surface area contributed by atoms with Gasteiger partial charge in [0.15, 0.2) is 5.11 Å². The third kappa shape index (κ3) is 4.51. The maximum absolute atomic E-state index is 13.7. The molecule has 188 valence electrons. The Morgan fingerprint density at radius 2 is 1.53 bits per heavy atom. The first kappa shape index (κ1) is 24.8. The van der Waals surface area contributed by atoms with Gasteiger partial charge in [-0.1, -0.05) is 36.4 Å². The molecule has 0 aliphatic carbocycles. The van der Waals surface area contributed by atoms with E-state index in [1.54, 1.807) is 54.6 Å². The molecular weight excluding hydrogens is 502 g/mol. The van der Waals surface area contributed by atoms with Crippen molar-refractivity contribution in [3.05, 3.63) is 118 Å². The predicted molar refractivity (Wildman–Crippen MR) is 149 cm³/mol. The third-order valence-electron chi connectivity index (χ3n) is 6.27. The molecule has 2 heterocycles. The number of thiocarbonyl (C=S) groups is 1. The van der Waals surface area contributed by atoms with Gasteiger partial charge in [-0.25, -0.2) is 0 Å². The smallest absolute Gasteiger partial charge is 0.270 e. The summed E-state index contributed by atoms with van der Waals surface area (Å²) in [5.41, 5.74) is 3.37. The van der Waals surface area contributed by atoms with Gasteiger partial charge in [0.1, 0.15) is 17.1 Å². The van der Waals surface area contributed by atoms with Gasteiger partial charge in [0.2, 0.25) is 0 Å². The van der Waals surface area contributed by atoms with Gasteiger partial charge >= 0.3 is 0 Å². The summed E-state index contributed by atoms with van der Waals surface area (Å²) in [4.78, 5) is 40.7. The Labute approximate surface area is 223 Å². The van der Waals surface area contributed by atoms with Gasteiger partial charge < -0.3 is 4.42 Å². The van der Waals surface area contributed by atoms with E-state index in [4.69, 9.17) is 16.6 Å². The zero-order chi connectivity index (χ0) is 27.0. The summed E-state index contributed by atoms with van der Waals surface area (Å²) in [6.07, 6.45) is 1.37. The van der Waals surface area contributed by atoms with E-state index in [9.17, 15) is 19.7 Å². The Morgan fingerprint density at radius 1 is 0.816 bits per heavy atom.